The third-order valence-electron chi connectivity index (χ3n) is 7.08. The summed E-state index contributed by atoms with van der Waals surface area (Å²) in [4.78, 5) is 15.7. The lowest BCUT2D eigenvalue weighted by molar-refractivity contribution is 0.588. The largest absolute Gasteiger partial charge is 0.437 e. The molecule has 0 amide bonds. The van der Waals surface area contributed by atoms with E-state index in [4.69, 9.17) is 18.8 Å². The maximum Gasteiger partial charge on any atom is 0.205 e. The number of furan rings is 2. The van der Waals surface area contributed by atoms with Crippen molar-refractivity contribution < 1.29 is 8.83 Å². The Balaban J connectivity index is 1.09. The van der Waals surface area contributed by atoms with Crippen molar-refractivity contribution in [1.82, 2.24) is 9.97 Å². The molecule has 0 saturated carbocycles. The monoisotopic (exact) mass is 608 g/mol. The van der Waals surface area contributed by atoms with Crippen LogP contribution in [0.3, 0.4) is 0 Å². The third-order valence-corrected chi connectivity index (χ3v) is 9.14. The van der Waals surface area contributed by atoms with Crippen LogP contribution in [0.1, 0.15) is 0 Å². The molecule has 44 heavy (non-hydrogen) atoms. The average molecular weight is 609 g/mol. The first-order chi connectivity index (χ1) is 21.8. The lowest BCUT2D eigenvalue weighted by atomic mass is 10.2. The van der Waals surface area contributed by atoms with Gasteiger partial charge in [0, 0.05) is 34.9 Å². The molecule has 0 fully saturated rings. The highest BCUT2D eigenvalue weighted by Crippen LogP contribution is 2.42. The van der Waals surface area contributed by atoms with E-state index in [1.807, 2.05) is 97.1 Å². The highest BCUT2D eigenvalue weighted by atomic mass is 32.1. The van der Waals surface area contributed by atoms with E-state index in [2.05, 4.69) is 58.3 Å². The van der Waals surface area contributed by atoms with Gasteiger partial charge in [0.05, 0.1) is 0 Å². The van der Waals surface area contributed by atoms with Gasteiger partial charge in [-0.15, -0.1) is 0 Å². The summed E-state index contributed by atoms with van der Waals surface area (Å²) in [5.41, 5.74) is 4.06. The molecular weight excluding hydrogens is 585 g/mol. The summed E-state index contributed by atoms with van der Waals surface area (Å²) in [7, 11) is 0. The van der Waals surface area contributed by atoms with E-state index in [1.165, 1.54) is 22.7 Å². The zero-order valence-corrected chi connectivity index (χ0v) is 24.9. The first kappa shape index (κ1) is 26.2. The minimum atomic E-state index is 0.704. The van der Waals surface area contributed by atoms with Crippen LogP contribution in [-0.4, -0.2) is 9.97 Å². The van der Waals surface area contributed by atoms with Gasteiger partial charge in [-0.3, -0.25) is 9.80 Å². The smallest absolute Gasteiger partial charge is 0.205 e. The molecule has 4 heterocycles. The van der Waals surface area contributed by atoms with Gasteiger partial charge < -0.3 is 8.83 Å². The summed E-state index contributed by atoms with van der Waals surface area (Å²) in [5, 5.41) is 1.58. The molecule has 4 aromatic heterocycles. The Morgan fingerprint density at radius 2 is 0.705 bits per heavy atom. The average Bonchev–Trinajstić information content (AvgIpc) is 3.88. The number of para-hydroxylation sites is 4. The third kappa shape index (κ3) is 4.96. The number of rotatable bonds is 8. The first-order valence-electron chi connectivity index (χ1n) is 14.1. The molecule has 8 aromatic rings. The normalized spacial score (nSPS) is 11.2. The van der Waals surface area contributed by atoms with Gasteiger partial charge in [-0.2, -0.15) is 0 Å². The fourth-order valence-corrected chi connectivity index (χ4v) is 7.06. The Morgan fingerprint density at radius 1 is 0.386 bits per heavy atom. The zero-order valence-electron chi connectivity index (χ0n) is 23.3. The Kier molecular flexibility index (Phi) is 6.75. The summed E-state index contributed by atoms with van der Waals surface area (Å²) >= 11 is 3.03. The van der Waals surface area contributed by atoms with E-state index in [9.17, 15) is 0 Å². The van der Waals surface area contributed by atoms with Crippen LogP contribution in [0.25, 0.3) is 31.2 Å². The van der Waals surface area contributed by atoms with E-state index < -0.39 is 0 Å². The number of thiazole rings is 2. The van der Waals surface area contributed by atoms with E-state index in [1.54, 1.807) is 0 Å². The topological polar surface area (TPSA) is 58.5 Å². The second kappa shape index (κ2) is 11.3. The Bertz CT molecular complexity index is 1870. The fourth-order valence-electron chi connectivity index (χ4n) is 5.09. The predicted molar refractivity (Wildman–Crippen MR) is 180 cm³/mol. The minimum Gasteiger partial charge on any atom is -0.437 e. The summed E-state index contributed by atoms with van der Waals surface area (Å²) in [5.74, 6) is 2.84. The number of nitrogens with zero attached hydrogens (tertiary/aromatic N) is 4. The van der Waals surface area contributed by atoms with Crippen LogP contribution in [0.4, 0.5) is 34.5 Å². The maximum absolute atomic E-state index is 6.39. The van der Waals surface area contributed by atoms with Gasteiger partial charge in [0.1, 0.15) is 0 Å². The van der Waals surface area contributed by atoms with E-state index in [-0.39, 0.29) is 0 Å². The molecule has 0 radical (unpaired) electrons. The van der Waals surface area contributed by atoms with Crippen molar-refractivity contribution in [1.29, 1.82) is 0 Å². The van der Waals surface area contributed by atoms with Gasteiger partial charge in [-0.05, 0) is 60.7 Å². The molecule has 0 unspecified atom stereocenters. The molecule has 0 atom stereocenters. The molecule has 0 aliphatic carbocycles. The summed E-state index contributed by atoms with van der Waals surface area (Å²) in [6, 6.07) is 48.7. The second-order valence-corrected chi connectivity index (χ2v) is 11.9. The first-order valence-corrected chi connectivity index (χ1v) is 15.7. The molecule has 8 rings (SSSR count). The van der Waals surface area contributed by atoms with Crippen molar-refractivity contribution in [3.05, 3.63) is 146 Å². The van der Waals surface area contributed by atoms with Crippen molar-refractivity contribution in [2.75, 3.05) is 9.80 Å². The van der Waals surface area contributed by atoms with Gasteiger partial charge in [0.25, 0.3) is 0 Å². The van der Waals surface area contributed by atoms with Crippen molar-refractivity contribution in [3.63, 3.8) is 0 Å². The van der Waals surface area contributed by atoms with Gasteiger partial charge >= 0.3 is 0 Å². The molecule has 8 heteroatoms. The van der Waals surface area contributed by atoms with E-state index >= 15 is 0 Å². The van der Waals surface area contributed by atoms with Crippen LogP contribution >= 0.6 is 22.7 Å². The molecule has 6 nitrogen and oxygen atoms in total. The minimum absolute atomic E-state index is 0.704. The molecule has 0 spiro atoms. The molecule has 212 valence electrons. The summed E-state index contributed by atoms with van der Waals surface area (Å²) < 4.78 is 12.8. The van der Waals surface area contributed by atoms with Crippen molar-refractivity contribution >= 4 is 66.9 Å². The number of fused-ring (bicyclic) bond motifs is 1. The van der Waals surface area contributed by atoms with Crippen molar-refractivity contribution in [2.24, 2.45) is 0 Å². The standard InChI is InChI=1S/C36H24N4O2S2/c1-5-13-25(14-6-1)39(26-15-7-2-8-16-26)31-23-21-29(41-31)33-37-35-36(43-33)38-34(44-35)30-22-24-32(42-30)40(27-17-9-3-10-18-27)28-19-11-4-12-20-28/h1-24H. The van der Waals surface area contributed by atoms with E-state index in [0.717, 1.165) is 42.4 Å². The number of anilines is 6. The van der Waals surface area contributed by atoms with Crippen LogP contribution in [-0.2, 0) is 0 Å². The summed E-state index contributed by atoms with van der Waals surface area (Å²) in [6.45, 7) is 0. The summed E-state index contributed by atoms with van der Waals surface area (Å²) in [6.07, 6.45) is 0. The zero-order chi connectivity index (χ0) is 29.3. The van der Waals surface area contributed by atoms with Gasteiger partial charge in [0.2, 0.25) is 11.8 Å². The molecular formula is C36H24N4O2S2. The fraction of sp³-hybridized carbons (Fsp3) is 0. The van der Waals surface area contributed by atoms with Crippen LogP contribution in [0.5, 0.6) is 0 Å². The SMILES string of the molecule is c1ccc(N(c2ccccc2)c2ccc(-c3nc4sc(-c5ccc(N(c6ccccc6)c6ccccc6)o5)nc4s3)o2)cc1. The van der Waals surface area contributed by atoms with Crippen LogP contribution in [0, 0.1) is 0 Å². The molecule has 4 aromatic carbocycles. The predicted octanol–water partition coefficient (Wildman–Crippen LogP) is 11.2. The molecule has 0 aliphatic rings. The Morgan fingerprint density at radius 3 is 1.02 bits per heavy atom. The highest BCUT2D eigenvalue weighted by Gasteiger charge is 2.21. The molecule has 0 N–H and O–H groups in total. The number of hydrogen-bond donors (Lipinski definition) is 0. The number of benzene rings is 4. The van der Waals surface area contributed by atoms with Crippen LogP contribution in [0.15, 0.2) is 154 Å². The molecule has 0 aliphatic heterocycles. The Labute approximate surface area is 261 Å². The molecule has 0 bridgehead atoms. The Hall–Kier alpha value is -5.44. The van der Waals surface area contributed by atoms with Crippen LogP contribution in [0.2, 0.25) is 0 Å². The highest BCUT2D eigenvalue weighted by molar-refractivity contribution is 7.29. The maximum atomic E-state index is 6.39. The quantitative estimate of drug-likeness (QED) is 0.171. The van der Waals surface area contributed by atoms with Crippen molar-refractivity contribution in [3.8, 4) is 21.5 Å². The van der Waals surface area contributed by atoms with E-state index in [0.29, 0.717) is 23.3 Å². The lowest BCUT2D eigenvalue weighted by Gasteiger charge is -2.22. The van der Waals surface area contributed by atoms with Crippen molar-refractivity contribution in [2.45, 2.75) is 0 Å². The molecule has 0 saturated heterocycles. The van der Waals surface area contributed by atoms with Crippen LogP contribution < -0.4 is 9.80 Å². The lowest BCUT2D eigenvalue weighted by Crippen LogP contribution is -2.08. The van der Waals surface area contributed by atoms with Gasteiger partial charge in [-0.1, -0.05) is 95.5 Å². The number of aromatic nitrogens is 2. The van der Waals surface area contributed by atoms with Gasteiger partial charge in [0.15, 0.2) is 31.2 Å². The van der Waals surface area contributed by atoms with Gasteiger partial charge in [-0.25, -0.2) is 9.97 Å². The number of hydrogen-bond acceptors (Lipinski definition) is 8. The second-order valence-electron chi connectivity index (χ2n) is 9.94.